The molecule has 2 aromatic carbocycles. The fourth-order valence-corrected chi connectivity index (χ4v) is 2.36. The van der Waals surface area contributed by atoms with E-state index in [0.29, 0.717) is 15.7 Å². The number of carbonyl (C=O) groups excluding carboxylic acids is 1. The molecule has 1 N–H and O–H groups in total. The van der Waals surface area contributed by atoms with Crippen LogP contribution in [0.1, 0.15) is 10.4 Å². The van der Waals surface area contributed by atoms with E-state index in [9.17, 15) is 14.9 Å². The molecule has 2 aromatic rings. The summed E-state index contributed by atoms with van der Waals surface area (Å²) in [5, 5.41) is 14.3. The van der Waals surface area contributed by atoms with Gasteiger partial charge in [0.05, 0.1) is 4.92 Å². The first-order chi connectivity index (χ1) is 9.86. The lowest BCUT2D eigenvalue weighted by molar-refractivity contribution is -0.385. The number of nitrogens with zero attached hydrogens (tertiary/aromatic N) is 1. The molecule has 5 nitrogen and oxygen atoms in total. The Morgan fingerprint density at radius 1 is 1.00 bits per heavy atom. The molecule has 108 valence electrons. The summed E-state index contributed by atoms with van der Waals surface area (Å²) in [5.41, 5.74) is -0.157. The van der Waals surface area contributed by atoms with Gasteiger partial charge in [-0.25, -0.2) is 0 Å². The third kappa shape index (κ3) is 3.85. The second-order valence-electron chi connectivity index (χ2n) is 4.03. The highest BCUT2D eigenvalue weighted by molar-refractivity contribution is 6.35. The molecule has 0 radical (unpaired) electrons. The highest BCUT2D eigenvalue weighted by Gasteiger charge is 2.20. The summed E-state index contributed by atoms with van der Waals surface area (Å²) in [6.45, 7) is 0. The maximum Gasteiger partial charge on any atom is 0.283 e. The Morgan fingerprint density at radius 3 is 2.19 bits per heavy atom. The summed E-state index contributed by atoms with van der Waals surface area (Å²) in [6, 6.07) is 8.25. The van der Waals surface area contributed by atoms with Crippen molar-refractivity contribution < 1.29 is 9.72 Å². The Balaban J connectivity index is 2.34. The Labute approximate surface area is 134 Å². The molecular formula is C13H7Cl3N2O3. The zero-order chi connectivity index (χ0) is 15.6. The number of carbonyl (C=O) groups is 1. The Kier molecular flexibility index (Phi) is 4.67. The zero-order valence-electron chi connectivity index (χ0n) is 10.3. The topological polar surface area (TPSA) is 72.2 Å². The minimum Gasteiger partial charge on any atom is -0.322 e. The molecule has 1 amide bonds. The first-order valence-corrected chi connectivity index (χ1v) is 6.71. The van der Waals surface area contributed by atoms with Crippen LogP contribution >= 0.6 is 34.8 Å². The Bertz CT molecular complexity index is 714. The highest BCUT2D eigenvalue weighted by Crippen LogP contribution is 2.26. The smallest absolute Gasteiger partial charge is 0.283 e. The molecule has 0 aliphatic rings. The van der Waals surface area contributed by atoms with Crippen molar-refractivity contribution in [1.29, 1.82) is 0 Å². The lowest BCUT2D eigenvalue weighted by atomic mass is 10.1. The maximum atomic E-state index is 12.1. The van der Waals surface area contributed by atoms with Crippen molar-refractivity contribution in [3.05, 3.63) is 67.1 Å². The van der Waals surface area contributed by atoms with Gasteiger partial charge in [0.2, 0.25) is 0 Å². The summed E-state index contributed by atoms with van der Waals surface area (Å²) in [7, 11) is 0. The summed E-state index contributed by atoms with van der Waals surface area (Å²) >= 11 is 17.3. The normalized spacial score (nSPS) is 10.2. The number of hydrogen-bond acceptors (Lipinski definition) is 3. The van der Waals surface area contributed by atoms with Crippen molar-refractivity contribution >= 4 is 52.1 Å². The van der Waals surface area contributed by atoms with Gasteiger partial charge in [0.15, 0.2) is 0 Å². The molecule has 0 spiro atoms. The van der Waals surface area contributed by atoms with Crippen LogP contribution in [0.2, 0.25) is 15.1 Å². The average molecular weight is 346 g/mol. The van der Waals surface area contributed by atoms with Crippen molar-refractivity contribution in [2.24, 2.45) is 0 Å². The number of anilines is 1. The van der Waals surface area contributed by atoms with Crippen LogP contribution in [0.4, 0.5) is 11.4 Å². The minimum absolute atomic E-state index is 0.111. The van der Waals surface area contributed by atoms with Gasteiger partial charge >= 0.3 is 0 Å². The van der Waals surface area contributed by atoms with Gasteiger partial charge in [0.25, 0.3) is 11.6 Å². The lowest BCUT2D eigenvalue weighted by Crippen LogP contribution is -2.14. The van der Waals surface area contributed by atoms with Gasteiger partial charge < -0.3 is 5.32 Å². The van der Waals surface area contributed by atoms with Crippen molar-refractivity contribution in [2.75, 3.05) is 5.32 Å². The van der Waals surface area contributed by atoms with Crippen molar-refractivity contribution in [3.63, 3.8) is 0 Å². The molecule has 0 saturated heterocycles. The predicted molar refractivity (Wildman–Crippen MR) is 82.5 cm³/mol. The van der Waals surface area contributed by atoms with Crippen LogP contribution in [0.5, 0.6) is 0 Å². The average Bonchev–Trinajstić information content (AvgIpc) is 2.36. The van der Waals surface area contributed by atoms with E-state index < -0.39 is 10.8 Å². The van der Waals surface area contributed by atoms with Crippen LogP contribution in [-0.2, 0) is 0 Å². The zero-order valence-corrected chi connectivity index (χ0v) is 12.5. The van der Waals surface area contributed by atoms with Crippen LogP contribution in [0.15, 0.2) is 36.4 Å². The van der Waals surface area contributed by atoms with Crippen molar-refractivity contribution in [1.82, 2.24) is 0 Å². The molecule has 0 unspecified atom stereocenters. The molecule has 0 aliphatic heterocycles. The highest BCUT2D eigenvalue weighted by atomic mass is 35.5. The predicted octanol–water partition coefficient (Wildman–Crippen LogP) is 4.81. The van der Waals surface area contributed by atoms with E-state index in [1.165, 1.54) is 30.3 Å². The standard InChI is InChI=1S/C13H7Cl3N2O3/c14-7-1-2-11(12(6-7)18(20)21)13(19)17-10-4-8(15)3-9(16)5-10/h1-6H,(H,17,19). The van der Waals surface area contributed by atoms with E-state index in [1.807, 2.05) is 0 Å². The molecule has 0 fully saturated rings. The van der Waals surface area contributed by atoms with E-state index in [4.69, 9.17) is 34.8 Å². The van der Waals surface area contributed by atoms with Gasteiger partial charge in [-0.2, -0.15) is 0 Å². The van der Waals surface area contributed by atoms with Crippen molar-refractivity contribution in [3.8, 4) is 0 Å². The molecule has 21 heavy (non-hydrogen) atoms. The number of nitro benzene ring substituents is 1. The first-order valence-electron chi connectivity index (χ1n) is 5.58. The number of amides is 1. The SMILES string of the molecule is O=C(Nc1cc(Cl)cc(Cl)c1)c1ccc(Cl)cc1[N+](=O)[O-]. The number of halogens is 3. The van der Waals surface area contributed by atoms with Crippen LogP contribution in [0.3, 0.4) is 0 Å². The molecule has 0 heterocycles. The van der Waals surface area contributed by atoms with Crippen LogP contribution in [0, 0.1) is 10.1 Å². The summed E-state index contributed by atoms with van der Waals surface area (Å²) in [4.78, 5) is 22.4. The van der Waals surface area contributed by atoms with Crippen LogP contribution < -0.4 is 5.32 Å². The quantitative estimate of drug-likeness (QED) is 0.641. The van der Waals surface area contributed by atoms with Crippen molar-refractivity contribution in [2.45, 2.75) is 0 Å². The van der Waals surface area contributed by atoms with E-state index in [0.717, 1.165) is 6.07 Å². The Hall–Kier alpha value is -1.82. The first kappa shape index (κ1) is 15.6. The summed E-state index contributed by atoms with van der Waals surface area (Å²) in [6.07, 6.45) is 0. The molecular weight excluding hydrogens is 339 g/mol. The fourth-order valence-electron chi connectivity index (χ4n) is 1.67. The van der Waals surface area contributed by atoms with Crippen LogP contribution in [-0.4, -0.2) is 10.8 Å². The molecule has 0 aliphatic carbocycles. The maximum absolute atomic E-state index is 12.1. The van der Waals surface area contributed by atoms with Gasteiger partial charge in [-0.05, 0) is 30.3 Å². The summed E-state index contributed by atoms with van der Waals surface area (Å²) in [5.74, 6) is -0.656. The Morgan fingerprint density at radius 2 is 1.62 bits per heavy atom. The second kappa shape index (κ2) is 6.30. The number of nitrogens with one attached hydrogen (secondary N) is 1. The summed E-state index contributed by atoms with van der Waals surface area (Å²) < 4.78 is 0. The third-order valence-electron chi connectivity index (χ3n) is 2.52. The van der Waals surface area contributed by atoms with Gasteiger partial charge in [0.1, 0.15) is 5.56 Å². The molecule has 0 bridgehead atoms. The fraction of sp³-hybridized carbons (Fsp3) is 0. The third-order valence-corrected chi connectivity index (χ3v) is 3.19. The molecule has 0 saturated carbocycles. The molecule has 2 rings (SSSR count). The number of nitro groups is 1. The van der Waals surface area contributed by atoms with E-state index >= 15 is 0 Å². The molecule has 0 aromatic heterocycles. The van der Waals surface area contributed by atoms with Crippen LogP contribution in [0.25, 0.3) is 0 Å². The lowest BCUT2D eigenvalue weighted by Gasteiger charge is -2.07. The molecule has 0 atom stereocenters. The van der Waals surface area contributed by atoms with E-state index in [1.54, 1.807) is 0 Å². The van der Waals surface area contributed by atoms with Gasteiger partial charge in [-0.1, -0.05) is 34.8 Å². The monoisotopic (exact) mass is 344 g/mol. The number of rotatable bonds is 3. The largest absolute Gasteiger partial charge is 0.322 e. The van der Waals surface area contributed by atoms with Gasteiger partial charge in [0, 0.05) is 26.8 Å². The van der Waals surface area contributed by atoms with E-state index in [2.05, 4.69) is 5.32 Å². The number of hydrogen-bond donors (Lipinski definition) is 1. The second-order valence-corrected chi connectivity index (χ2v) is 5.34. The van der Waals surface area contributed by atoms with E-state index in [-0.39, 0.29) is 16.3 Å². The number of benzene rings is 2. The molecule has 8 heteroatoms. The van der Waals surface area contributed by atoms with Gasteiger partial charge in [-0.3, -0.25) is 14.9 Å². The minimum atomic E-state index is -0.675. The van der Waals surface area contributed by atoms with Gasteiger partial charge in [-0.15, -0.1) is 0 Å².